The number of hydrogen-bond donors (Lipinski definition) is 2. The van der Waals surface area contributed by atoms with Gasteiger partial charge in [-0.15, -0.1) is 0 Å². The molecule has 0 aromatic carbocycles. The number of esters is 2. The van der Waals surface area contributed by atoms with Gasteiger partial charge in [-0.05, 0) is 70.6 Å². The first kappa shape index (κ1) is 47.9. The Kier molecular flexibility index (Phi) is 34.5. The third-order valence-corrected chi connectivity index (χ3v) is 8.03. The predicted molar refractivity (Wildman–Crippen MR) is 210 cm³/mol. The molecule has 0 heterocycles. The molecule has 9 nitrogen and oxygen atoms in total. The zero-order chi connectivity index (χ0) is 37.5. The second-order valence-corrected chi connectivity index (χ2v) is 13.2. The summed E-state index contributed by atoms with van der Waals surface area (Å²) in [5.74, 6) is -0.955. The summed E-state index contributed by atoms with van der Waals surface area (Å²) in [4.78, 5) is 34.7. The molecule has 0 spiro atoms. The van der Waals surface area contributed by atoms with E-state index in [1.807, 2.05) is 42.5 Å². The van der Waals surface area contributed by atoms with Crippen LogP contribution < -0.4 is 5.73 Å². The van der Waals surface area contributed by atoms with Crippen molar-refractivity contribution < 1.29 is 37.6 Å². The second-order valence-electron chi connectivity index (χ2n) is 11.8. The molecule has 0 amide bonds. The van der Waals surface area contributed by atoms with Crippen molar-refractivity contribution in [3.8, 4) is 0 Å². The molecule has 51 heavy (non-hydrogen) atoms. The van der Waals surface area contributed by atoms with Crippen LogP contribution in [0.5, 0.6) is 0 Å². The van der Waals surface area contributed by atoms with Crippen molar-refractivity contribution in [3.63, 3.8) is 0 Å². The maximum absolute atomic E-state index is 12.5. The van der Waals surface area contributed by atoms with Crippen LogP contribution in [0.15, 0.2) is 97.2 Å². The second kappa shape index (κ2) is 36.7. The summed E-state index contributed by atoms with van der Waals surface area (Å²) < 4.78 is 32.5. The number of allylic oxidation sites excluding steroid dienone is 16. The van der Waals surface area contributed by atoms with Crippen molar-refractivity contribution in [3.05, 3.63) is 97.2 Å². The van der Waals surface area contributed by atoms with E-state index in [-0.39, 0.29) is 32.6 Å². The number of hydrogen-bond acceptors (Lipinski definition) is 8. The monoisotopic (exact) mass is 731 g/mol. The van der Waals surface area contributed by atoms with Gasteiger partial charge in [-0.25, -0.2) is 4.57 Å². The lowest BCUT2D eigenvalue weighted by molar-refractivity contribution is -0.161. The lowest BCUT2D eigenvalue weighted by atomic mass is 10.1. The molecule has 0 aromatic heterocycles. The van der Waals surface area contributed by atoms with E-state index < -0.39 is 32.5 Å². The number of carbonyl (C=O) groups excluding carboxylic acids is 2. The number of rotatable bonds is 33. The Bertz CT molecular complexity index is 1150. The highest BCUT2D eigenvalue weighted by Gasteiger charge is 2.25. The van der Waals surface area contributed by atoms with Gasteiger partial charge in [0, 0.05) is 19.4 Å². The standard InChI is InChI=1S/C41H66NO8P/c1-3-5-7-9-11-13-15-17-18-19-20-22-23-25-27-29-31-33-40(43)47-37-39(38-49-51(45,46)48-36-35-42)50-41(44)34-32-30-28-26-24-21-16-14-12-10-8-6-4-2/h6,8,10-14,16-18,20-22,24-25,27,39H,3-5,7,9,15,19,23,26,28-38,42H2,1-2H3,(H,45,46)/b8-6+,12-10+,13-11+,16-14+,18-17+,22-20+,24-21+,27-25+. The third kappa shape index (κ3) is 36.5. The van der Waals surface area contributed by atoms with Crippen LogP contribution in [-0.2, 0) is 32.7 Å². The molecule has 0 aromatic rings. The molecule has 0 fully saturated rings. The summed E-state index contributed by atoms with van der Waals surface area (Å²) in [7, 11) is -4.40. The molecule has 0 rings (SSSR count). The molecule has 0 radical (unpaired) electrons. The van der Waals surface area contributed by atoms with E-state index in [0.717, 1.165) is 51.4 Å². The van der Waals surface area contributed by atoms with Gasteiger partial charge in [0.25, 0.3) is 0 Å². The minimum absolute atomic E-state index is 0.0335. The van der Waals surface area contributed by atoms with E-state index in [0.29, 0.717) is 12.8 Å². The first-order valence-electron chi connectivity index (χ1n) is 18.8. The van der Waals surface area contributed by atoms with Crippen molar-refractivity contribution in [1.82, 2.24) is 0 Å². The average molecular weight is 732 g/mol. The third-order valence-electron chi connectivity index (χ3n) is 7.05. The van der Waals surface area contributed by atoms with Crippen LogP contribution in [0.3, 0.4) is 0 Å². The van der Waals surface area contributed by atoms with Crippen LogP contribution in [0.4, 0.5) is 0 Å². The minimum atomic E-state index is -4.40. The van der Waals surface area contributed by atoms with Gasteiger partial charge in [0.05, 0.1) is 13.2 Å². The van der Waals surface area contributed by atoms with Crippen molar-refractivity contribution in [2.75, 3.05) is 26.4 Å². The van der Waals surface area contributed by atoms with Crippen LogP contribution in [0.2, 0.25) is 0 Å². The van der Waals surface area contributed by atoms with E-state index in [9.17, 15) is 19.0 Å². The molecule has 0 aliphatic rings. The van der Waals surface area contributed by atoms with Crippen molar-refractivity contribution >= 4 is 19.8 Å². The van der Waals surface area contributed by atoms with Gasteiger partial charge in [0.15, 0.2) is 6.10 Å². The zero-order valence-electron chi connectivity index (χ0n) is 31.3. The van der Waals surface area contributed by atoms with Gasteiger partial charge in [-0.3, -0.25) is 18.6 Å². The summed E-state index contributed by atoms with van der Waals surface area (Å²) in [6, 6.07) is 0. The Hall–Kier alpha value is -3.07. The van der Waals surface area contributed by atoms with E-state index in [2.05, 4.69) is 68.5 Å². The summed E-state index contributed by atoms with van der Waals surface area (Å²) in [5, 5.41) is 0. The Morgan fingerprint density at radius 3 is 1.80 bits per heavy atom. The van der Waals surface area contributed by atoms with Gasteiger partial charge in [0.2, 0.25) is 0 Å². The first-order chi connectivity index (χ1) is 24.8. The fraction of sp³-hybridized carbons (Fsp3) is 0.561. The van der Waals surface area contributed by atoms with Crippen molar-refractivity contribution in [2.45, 2.75) is 123 Å². The number of phosphoric acid groups is 1. The van der Waals surface area contributed by atoms with Crippen LogP contribution in [0.25, 0.3) is 0 Å². The minimum Gasteiger partial charge on any atom is -0.462 e. The summed E-state index contributed by atoms with van der Waals surface area (Å²) >= 11 is 0. The van der Waals surface area contributed by atoms with Crippen molar-refractivity contribution in [1.29, 1.82) is 0 Å². The van der Waals surface area contributed by atoms with Crippen LogP contribution in [-0.4, -0.2) is 49.3 Å². The highest BCUT2D eigenvalue weighted by Crippen LogP contribution is 2.43. The fourth-order valence-electron chi connectivity index (χ4n) is 4.28. The predicted octanol–water partition coefficient (Wildman–Crippen LogP) is 10.3. The molecule has 0 aliphatic carbocycles. The lowest BCUT2D eigenvalue weighted by Gasteiger charge is -2.19. The molecular weight excluding hydrogens is 665 g/mol. The summed E-state index contributed by atoms with van der Waals surface area (Å²) in [6.45, 7) is 3.40. The lowest BCUT2D eigenvalue weighted by Crippen LogP contribution is -2.29. The average Bonchev–Trinajstić information content (AvgIpc) is 3.11. The zero-order valence-corrected chi connectivity index (χ0v) is 32.2. The molecular formula is C41H66NO8P. The SMILES string of the molecule is CC/C=C/C=C/C=C/C=C/CCCCCC(=O)OC(COC(=O)CCC/C=C/C/C=C/C/C=C/C/C=C/CCCCC)COP(=O)(O)OCCN. The van der Waals surface area contributed by atoms with Gasteiger partial charge >= 0.3 is 19.8 Å². The summed E-state index contributed by atoms with van der Waals surface area (Å²) in [6.07, 6.45) is 45.9. The Morgan fingerprint density at radius 1 is 0.627 bits per heavy atom. The Morgan fingerprint density at radius 2 is 1.18 bits per heavy atom. The van der Waals surface area contributed by atoms with Crippen LogP contribution >= 0.6 is 7.82 Å². The maximum Gasteiger partial charge on any atom is 0.472 e. The topological polar surface area (TPSA) is 134 Å². The normalized spacial score (nSPS) is 14.5. The molecule has 0 aliphatic heterocycles. The van der Waals surface area contributed by atoms with Gasteiger partial charge in [0.1, 0.15) is 6.61 Å². The molecule has 0 bridgehead atoms. The van der Waals surface area contributed by atoms with Crippen molar-refractivity contribution in [2.24, 2.45) is 5.73 Å². The molecule has 0 saturated heterocycles. The Labute approximate surface area is 308 Å². The smallest absolute Gasteiger partial charge is 0.462 e. The van der Waals surface area contributed by atoms with Gasteiger partial charge < -0.3 is 20.1 Å². The van der Waals surface area contributed by atoms with Gasteiger partial charge in [-0.2, -0.15) is 0 Å². The first-order valence-corrected chi connectivity index (χ1v) is 20.3. The summed E-state index contributed by atoms with van der Waals surface area (Å²) in [5.41, 5.74) is 5.32. The van der Waals surface area contributed by atoms with Crippen LogP contribution in [0.1, 0.15) is 117 Å². The molecule has 0 saturated carbocycles. The quantitative estimate of drug-likeness (QED) is 0.0222. The van der Waals surface area contributed by atoms with E-state index >= 15 is 0 Å². The Balaban J connectivity index is 4.42. The number of phosphoric ester groups is 1. The van der Waals surface area contributed by atoms with Crippen LogP contribution in [0, 0.1) is 0 Å². The number of nitrogens with two attached hydrogens (primary N) is 1. The number of ether oxygens (including phenoxy) is 2. The largest absolute Gasteiger partial charge is 0.472 e. The maximum atomic E-state index is 12.5. The highest BCUT2D eigenvalue weighted by molar-refractivity contribution is 7.47. The molecule has 2 unspecified atom stereocenters. The fourth-order valence-corrected chi connectivity index (χ4v) is 5.05. The van der Waals surface area contributed by atoms with Gasteiger partial charge in [-0.1, -0.05) is 130 Å². The number of unbranched alkanes of at least 4 members (excludes halogenated alkanes) is 7. The molecule has 288 valence electrons. The van der Waals surface area contributed by atoms with E-state index in [4.69, 9.17) is 24.3 Å². The molecule has 2 atom stereocenters. The molecule has 3 N–H and O–H groups in total. The van der Waals surface area contributed by atoms with E-state index in [1.165, 1.54) is 25.7 Å². The molecule has 10 heteroatoms. The van der Waals surface area contributed by atoms with E-state index in [1.54, 1.807) is 0 Å². The number of carbonyl (C=O) groups is 2. The highest BCUT2D eigenvalue weighted by atomic mass is 31.2.